The van der Waals surface area contributed by atoms with Gasteiger partial charge < -0.3 is 10.6 Å². The topological polar surface area (TPSA) is 54.0 Å². The molecule has 2 N–H and O–H groups in total. The van der Waals surface area contributed by atoms with Crippen molar-refractivity contribution in [2.75, 3.05) is 13.6 Å². The van der Waals surface area contributed by atoms with Crippen molar-refractivity contribution in [3.05, 3.63) is 30.1 Å². The average Bonchev–Trinajstić information content (AvgIpc) is 2.29. The van der Waals surface area contributed by atoms with Crippen LogP contribution in [-0.2, 0) is 4.79 Å². The Hall–Kier alpha value is -1.42. The molecule has 1 aromatic rings. The highest BCUT2D eigenvalue weighted by Gasteiger charge is 2.04. The van der Waals surface area contributed by atoms with E-state index in [0.29, 0.717) is 13.0 Å². The van der Waals surface area contributed by atoms with E-state index >= 15 is 0 Å². The van der Waals surface area contributed by atoms with Crippen molar-refractivity contribution in [3.63, 3.8) is 0 Å². The summed E-state index contributed by atoms with van der Waals surface area (Å²) in [5.41, 5.74) is 1.18. The smallest absolute Gasteiger partial charge is 0.221 e. The first-order valence-corrected chi connectivity index (χ1v) is 5.08. The molecule has 82 valence electrons. The van der Waals surface area contributed by atoms with Crippen LogP contribution in [0.4, 0.5) is 0 Å². The highest BCUT2D eigenvalue weighted by atomic mass is 16.1. The molecule has 1 aromatic heterocycles. The molecule has 0 aromatic carbocycles. The van der Waals surface area contributed by atoms with Crippen molar-refractivity contribution < 1.29 is 4.79 Å². The van der Waals surface area contributed by atoms with Gasteiger partial charge in [0.1, 0.15) is 0 Å². The van der Waals surface area contributed by atoms with Gasteiger partial charge in [0.25, 0.3) is 0 Å². The van der Waals surface area contributed by atoms with Crippen molar-refractivity contribution >= 4 is 5.91 Å². The molecule has 0 aliphatic rings. The highest BCUT2D eigenvalue weighted by Crippen LogP contribution is 2.09. The van der Waals surface area contributed by atoms with Crippen molar-refractivity contribution in [2.45, 2.75) is 19.4 Å². The van der Waals surface area contributed by atoms with Gasteiger partial charge in [0.2, 0.25) is 5.91 Å². The van der Waals surface area contributed by atoms with Gasteiger partial charge in [-0.15, -0.1) is 0 Å². The minimum atomic E-state index is 0.0597. The summed E-state index contributed by atoms with van der Waals surface area (Å²) in [4.78, 5) is 14.9. The normalized spacial score (nSPS) is 12.1. The Kier molecular flexibility index (Phi) is 4.77. The molecule has 15 heavy (non-hydrogen) atoms. The first-order valence-electron chi connectivity index (χ1n) is 5.08. The molecule has 0 aliphatic heterocycles. The van der Waals surface area contributed by atoms with Gasteiger partial charge in [0, 0.05) is 38.4 Å². The SMILES string of the molecule is CNC(=O)CCN[C@H](C)c1ccncc1. The van der Waals surface area contributed by atoms with E-state index in [1.54, 1.807) is 19.4 Å². The number of nitrogens with one attached hydrogen (secondary N) is 2. The molecule has 0 aliphatic carbocycles. The van der Waals surface area contributed by atoms with Crippen LogP contribution in [0.2, 0.25) is 0 Å². The lowest BCUT2D eigenvalue weighted by atomic mass is 10.1. The maximum atomic E-state index is 11.0. The Labute approximate surface area is 90.1 Å². The van der Waals surface area contributed by atoms with Crippen molar-refractivity contribution in [3.8, 4) is 0 Å². The third-order valence-corrected chi connectivity index (χ3v) is 2.29. The van der Waals surface area contributed by atoms with E-state index in [1.807, 2.05) is 12.1 Å². The van der Waals surface area contributed by atoms with Gasteiger partial charge in [0.15, 0.2) is 0 Å². The molecular formula is C11H17N3O. The summed E-state index contributed by atoms with van der Waals surface area (Å²) in [6.45, 7) is 2.75. The quantitative estimate of drug-likeness (QED) is 0.753. The molecule has 0 saturated carbocycles. The summed E-state index contributed by atoms with van der Waals surface area (Å²) >= 11 is 0. The zero-order valence-corrected chi connectivity index (χ0v) is 9.16. The first-order chi connectivity index (χ1) is 7.24. The summed E-state index contributed by atoms with van der Waals surface area (Å²) < 4.78 is 0. The van der Waals surface area contributed by atoms with Crippen LogP contribution in [0, 0.1) is 0 Å². The van der Waals surface area contributed by atoms with Gasteiger partial charge in [-0.25, -0.2) is 0 Å². The zero-order chi connectivity index (χ0) is 11.1. The zero-order valence-electron chi connectivity index (χ0n) is 9.16. The molecule has 0 bridgehead atoms. The number of pyridine rings is 1. The molecule has 0 unspecified atom stereocenters. The second-order valence-corrected chi connectivity index (χ2v) is 3.38. The maximum absolute atomic E-state index is 11.0. The molecule has 1 heterocycles. The number of aromatic nitrogens is 1. The number of hydrogen-bond donors (Lipinski definition) is 2. The van der Waals surface area contributed by atoms with Crippen LogP contribution in [-0.4, -0.2) is 24.5 Å². The number of rotatable bonds is 5. The Morgan fingerprint density at radius 2 is 2.13 bits per heavy atom. The number of hydrogen-bond acceptors (Lipinski definition) is 3. The van der Waals surface area contributed by atoms with E-state index in [-0.39, 0.29) is 11.9 Å². The van der Waals surface area contributed by atoms with Crippen LogP contribution in [0.1, 0.15) is 24.9 Å². The van der Waals surface area contributed by atoms with Gasteiger partial charge in [-0.2, -0.15) is 0 Å². The number of carbonyl (C=O) groups is 1. The molecular weight excluding hydrogens is 190 g/mol. The minimum Gasteiger partial charge on any atom is -0.359 e. The van der Waals surface area contributed by atoms with E-state index in [0.717, 1.165) is 0 Å². The van der Waals surface area contributed by atoms with Crippen LogP contribution in [0.5, 0.6) is 0 Å². The molecule has 0 saturated heterocycles. The predicted molar refractivity (Wildman–Crippen MR) is 59.3 cm³/mol. The first kappa shape index (κ1) is 11.7. The van der Waals surface area contributed by atoms with E-state index in [4.69, 9.17) is 0 Å². The van der Waals surface area contributed by atoms with Crippen LogP contribution >= 0.6 is 0 Å². The fourth-order valence-electron chi connectivity index (χ4n) is 1.30. The Bertz CT molecular complexity index is 300. The summed E-state index contributed by atoms with van der Waals surface area (Å²) in [6.07, 6.45) is 4.05. The standard InChI is InChI=1S/C11H17N3O/c1-9(10-3-6-13-7-4-10)14-8-5-11(15)12-2/h3-4,6-7,9,14H,5,8H2,1-2H3,(H,12,15)/t9-/m1/s1. The molecule has 4 nitrogen and oxygen atoms in total. The minimum absolute atomic E-state index is 0.0597. The molecule has 1 atom stereocenters. The van der Waals surface area contributed by atoms with Gasteiger partial charge in [-0.05, 0) is 24.6 Å². The van der Waals surface area contributed by atoms with Gasteiger partial charge in [-0.3, -0.25) is 9.78 Å². The second-order valence-electron chi connectivity index (χ2n) is 3.38. The Morgan fingerprint density at radius 3 is 2.73 bits per heavy atom. The number of amides is 1. The van der Waals surface area contributed by atoms with E-state index in [9.17, 15) is 4.79 Å². The van der Waals surface area contributed by atoms with E-state index < -0.39 is 0 Å². The molecule has 0 spiro atoms. The maximum Gasteiger partial charge on any atom is 0.221 e. The van der Waals surface area contributed by atoms with Gasteiger partial charge in [0.05, 0.1) is 0 Å². The van der Waals surface area contributed by atoms with Crippen LogP contribution in [0.3, 0.4) is 0 Å². The summed E-state index contributed by atoms with van der Waals surface area (Å²) in [7, 11) is 1.65. The fourth-order valence-corrected chi connectivity index (χ4v) is 1.30. The van der Waals surface area contributed by atoms with Crippen molar-refractivity contribution in [1.29, 1.82) is 0 Å². The monoisotopic (exact) mass is 207 g/mol. The van der Waals surface area contributed by atoms with Crippen LogP contribution < -0.4 is 10.6 Å². The van der Waals surface area contributed by atoms with Gasteiger partial charge >= 0.3 is 0 Å². The molecule has 1 amide bonds. The summed E-state index contributed by atoms with van der Waals surface area (Å²) in [5, 5.41) is 5.87. The number of carbonyl (C=O) groups excluding carboxylic acids is 1. The predicted octanol–water partition coefficient (Wildman–Crippen LogP) is 0.868. The van der Waals surface area contributed by atoms with Crippen LogP contribution in [0.15, 0.2) is 24.5 Å². The number of nitrogens with zero attached hydrogens (tertiary/aromatic N) is 1. The summed E-state index contributed by atoms with van der Waals surface area (Å²) in [5.74, 6) is 0.0597. The average molecular weight is 207 g/mol. The third kappa shape index (κ3) is 4.08. The second kappa shape index (κ2) is 6.14. The van der Waals surface area contributed by atoms with Gasteiger partial charge in [-0.1, -0.05) is 0 Å². The van der Waals surface area contributed by atoms with Crippen molar-refractivity contribution in [1.82, 2.24) is 15.6 Å². The molecule has 0 radical (unpaired) electrons. The lowest BCUT2D eigenvalue weighted by Crippen LogP contribution is -2.26. The molecule has 1 rings (SSSR count). The fraction of sp³-hybridized carbons (Fsp3) is 0.455. The lowest BCUT2D eigenvalue weighted by molar-refractivity contribution is -0.120. The molecule has 4 heteroatoms. The van der Waals surface area contributed by atoms with E-state index in [2.05, 4.69) is 22.5 Å². The van der Waals surface area contributed by atoms with E-state index in [1.165, 1.54) is 5.56 Å². The Balaban J connectivity index is 2.31. The third-order valence-electron chi connectivity index (χ3n) is 2.29. The molecule has 0 fully saturated rings. The van der Waals surface area contributed by atoms with Crippen LogP contribution in [0.25, 0.3) is 0 Å². The Morgan fingerprint density at radius 1 is 1.47 bits per heavy atom. The summed E-state index contributed by atoms with van der Waals surface area (Å²) in [6, 6.07) is 4.19. The largest absolute Gasteiger partial charge is 0.359 e. The van der Waals surface area contributed by atoms with Crippen molar-refractivity contribution in [2.24, 2.45) is 0 Å². The highest BCUT2D eigenvalue weighted by molar-refractivity contribution is 5.75. The lowest BCUT2D eigenvalue weighted by Gasteiger charge is -2.13.